The van der Waals surface area contributed by atoms with Gasteiger partial charge in [0.15, 0.2) is 0 Å². The lowest BCUT2D eigenvalue weighted by Crippen LogP contribution is -2.32. The van der Waals surface area contributed by atoms with Crippen LogP contribution in [-0.2, 0) is 14.8 Å². The standard InChI is InChI=1S/C13H17ClN2O3S2/c1-8-10(4-5-19-8)7-16-21(17,18)12-6-9(13(15)20)2-3-11(12)14/h2-3,6,8,10,16H,4-5,7H2,1H3,(H2,15,20). The molecule has 3 N–H and O–H groups in total. The van der Waals surface area contributed by atoms with Crippen LogP contribution in [0.3, 0.4) is 0 Å². The van der Waals surface area contributed by atoms with Crippen LogP contribution in [-0.4, -0.2) is 32.7 Å². The van der Waals surface area contributed by atoms with E-state index in [9.17, 15) is 8.42 Å². The van der Waals surface area contributed by atoms with Crippen molar-refractivity contribution in [2.75, 3.05) is 13.2 Å². The average molecular weight is 349 g/mol. The smallest absolute Gasteiger partial charge is 0.242 e. The molecule has 5 nitrogen and oxygen atoms in total. The van der Waals surface area contributed by atoms with Gasteiger partial charge >= 0.3 is 0 Å². The van der Waals surface area contributed by atoms with E-state index < -0.39 is 10.0 Å². The van der Waals surface area contributed by atoms with E-state index in [1.807, 2.05) is 6.92 Å². The van der Waals surface area contributed by atoms with E-state index in [-0.39, 0.29) is 26.9 Å². The Bertz CT molecular complexity index is 649. The Morgan fingerprint density at radius 3 is 2.86 bits per heavy atom. The molecule has 21 heavy (non-hydrogen) atoms. The number of rotatable bonds is 5. The summed E-state index contributed by atoms with van der Waals surface area (Å²) in [7, 11) is -3.71. The second kappa shape index (κ2) is 6.58. The van der Waals surface area contributed by atoms with Crippen LogP contribution >= 0.6 is 23.8 Å². The first-order valence-electron chi connectivity index (χ1n) is 6.52. The summed E-state index contributed by atoms with van der Waals surface area (Å²) < 4.78 is 32.7. The molecule has 116 valence electrons. The van der Waals surface area contributed by atoms with E-state index in [1.54, 1.807) is 6.07 Å². The van der Waals surface area contributed by atoms with E-state index >= 15 is 0 Å². The lowest BCUT2D eigenvalue weighted by atomic mass is 10.0. The number of sulfonamides is 1. The van der Waals surface area contributed by atoms with Crippen molar-refractivity contribution in [1.29, 1.82) is 0 Å². The monoisotopic (exact) mass is 348 g/mol. The molecule has 1 fully saturated rings. The molecular weight excluding hydrogens is 332 g/mol. The van der Waals surface area contributed by atoms with Crippen LogP contribution in [0.5, 0.6) is 0 Å². The first kappa shape index (κ1) is 16.6. The predicted molar refractivity (Wildman–Crippen MR) is 86.0 cm³/mol. The van der Waals surface area contributed by atoms with E-state index in [0.29, 0.717) is 18.7 Å². The van der Waals surface area contributed by atoms with E-state index in [0.717, 1.165) is 6.42 Å². The van der Waals surface area contributed by atoms with Gasteiger partial charge in [-0.15, -0.1) is 0 Å². The lowest BCUT2D eigenvalue weighted by Gasteiger charge is -2.15. The number of hydrogen-bond donors (Lipinski definition) is 2. The summed E-state index contributed by atoms with van der Waals surface area (Å²) in [4.78, 5) is 0.113. The molecule has 0 radical (unpaired) electrons. The first-order chi connectivity index (χ1) is 9.81. The number of halogens is 1. The van der Waals surface area contributed by atoms with Gasteiger partial charge in [-0.05, 0) is 25.5 Å². The molecule has 0 aliphatic carbocycles. The summed E-state index contributed by atoms with van der Waals surface area (Å²) in [5.41, 5.74) is 5.99. The third-order valence-electron chi connectivity index (χ3n) is 3.57. The quantitative estimate of drug-likeness (QED) is 0.791. The summed E-state index contributed by atoms with van der Waals surface area (Å²) >= 11 is 10.8. The third-order valence-corrected chi connectivity index (χ3v) is 5.71. The van der Waals surface area contributed by atoms with E-state index in [1.165, 1.54) is 12.1 Å². The fraction of sp³-hybridized carbons (Fsp3) is 0.462. The highest BCUT2D eigenvalue weighted by molar-refractivity contribution is 7.89. The van der Waals surface area contributed by atoms with Crippen molar-refractivity contribution >= 4 is 38.8 Å². The van der Waals surface area contributed by atoms with Gasteiger partial charge in [-0.1, -0.05) is 29.9 Å². The normalized spacial score (nSPS) is 22.4. The summed E-state index contributed by atoms with van der Waals surface area (Å²) in [6, 6.07) is 4.46. The van der Waals surface area contributed by atoms with Gasteiger partial charge in [0.2, 0.25) is 10.0 Å². The highest BCUT2D eigenvalue weighted by Gasteiger charge is 2.27. The van der Waals surface area contributed by atoms with Crippen molar-refractivity contribution in [3.8, 4) is 0 Å². The molecule has 8 heteroatoms. The maximum atomic E-state index is 12.4. The molecule has 0 bridgehead atoms. The molecule has 2 unspecified atom stereocenters. The molecule has 2 rings (SSSR count). The molecular formula is C13H17ClN2O3S2. The van der Waals surface area contributed by atoms with Crippen LogP contribution in [0.2, 0.25) is 5.02 Å². The van der Waals surface area contributed by atoms with Gasteiger partial charge in [-0.3, -0.25) is 0 Å². The fourth-order valence-corrected chi connectivity index (χ4v) is 3.95. The number of thiocarbonyl (C=S) groups is 1. The minimum atomic E-state index is -3.71. The number of hydrogen-bond acceptors (Lipinski definition) is 4. The Morgan fingerprint density at radius 2 is 2.29 bits per heavy atom. The molecule has 1 aliphatic heterocycles. The van der Waals surface area contributed by atoms with Gasteiger partial charge in [-0.25, -0.2) is 13.1 Å². The van der Waals surface area contributed by atoms with Gasteiger partial charge in [0.05, 0.1) is 11.1 Å². The largest absolute Gasteiger partial charge is 0.389 e. The molecule has 1 saturated heterocycles. The Labute approximate surface area is 134 Å². The Morgan fingerprint density at radius 1 is 1.57 bits per heavy atom. The molecule has 1 aromatic rings. The van der Waals surface area contributed by atoms with Crippen molar-refractivity contribution in [2.24, 2.45) is 11.7 Å². The van der Waals surface area contributed by atoms with Crippen LogP contribution in [0.25, 0.3) is 0 Å². The molecule has 0 saturated carbocycles. The summed E-state index contributed by atoms with van der Waals surface area (Å²) in [5.74, 6) is 0.164. The van der Waals surface area contributed by atoms with Crippen molar-refractivity contribution in [2.45, 2.75) is 24.3 Å². The van der Waals surface area contributed by atoms with E-state index in [4.69, 9.17) is 34.3 Å². The molecule has 0 aromatic heterocycles. The molecule has 0 amide bonds. The highest BCUT2D eigenvalue weighted by atomic mass is 35.5. The van der Waals surface area contributed by atoms with Crippen LogP contribution in [0, 0.1) is 5.92 Å². The van der Waals surface area contributed by atoms with Crippen molar-refractivity contribution < 1.29 is 13.2 Å². The van der Waals surface area contributed by atoms with Crippen LogP contribution in [0.1, 0.15) is 18.9 Å². The van der Waals surface area contributed by atoms with Gasteiger partial charge < -0.3 is 10.5 Å². The Kier molecular flexibility index (Phi) is 5.21. The number of ether oxygens (including phenoxy) is 1. The van der Waals surface area contributed by atoms with Gasteiger partial charge in [0, 0.05) is 24.6 Å². The molecule has 0 spiro atoms. The van der Waals surface area contributed by atoms with Crippen LogP contribution in [0.4, 0.5) is 0 Å². The predicted octanol–water partition coefficient (Wildman–Crippen LogP) is 1.68. The van der Waals surface area contributed by atoms with Crippen molar-refractivity contribution in [3.05, 3.63) is 28.8 Å². The summed E-state index contributed by atoms with van der Waals surface area (Å²) in [5, 5.41) is 0.137. The van der Waals surface area contributed by atoms with Crippen molar-refractivity contribution in [3.63, 3.8) is 0 Å². The average Bonchev–Trinajstić information content (AvgIpc) is 2.82. The molecule has 1 aromatic carbocycles. The number of benzene rings is 1. The Balaban J connectivity index is 2.19. The van der Waals surface area contributed by atoms with Gasteiger partial charge in [-0.2, -0.15) is 0 Å². The second-order valence-corrected chi connectivity index (χ2v) is 7.57. The van der Waals surface area contributed by atoms with E-state index in [2.05, 4.69) is 4.72 Å². The first-order valence-corrected chi connectivity index (χ1v) is 8.79. The number of nitrogens with two attached hydrogens (primary N) is 1. The molecule has 1 heterocycles. The fourth-order valence-electron chi connectivity index (χ4n) is 2.20. The minimum absolute atomic E-state index is 0.0129. The SMILES string of the molecule is CC1OCCC1CNS(=O)(=O)c1cc(C(N)=S)ccc1Cl. The summed E-state index contributed by atoms with van der Waals surface area (Å²) in [6.07, 6.45) is 0.885. The zero-order chi connectivity index (χ0) is 15.6. The van der Waals surface area contributed by atoms with Crippen LogP contribution < -0.4 is 10.5 Å². The highest BCUT2D eigenvalue weighted by Crippen LogP contribution is 2.24. The zero-order valence-corrected chi connectivity index (χ0v) is 13.9. The maximum absolute atomic E-state index is 12.4. The van der Waals surface area contributed by atoms with Crippen LogP contribution in [0.15, 0.2) is 23.1 Å². The van der Waals surface area contributed by atoms with Crippen molar-refractivity contribution in [1.82, 2.24) is 4.72 Å². The minimum Gasteiger partial charge on any atom is -0.389 e. The Hall–Kier alpha value is -0.730. The lowest BCUT2D eigenvalue weighted by molar-refractivity contribution is 0.107. The zero-order valence-electron chi connectivity index (χ0n) is 11.5. The van der Waals surface area contributed by atoms with Gasteiger partial charge in [0.1, 0.15) is 9.88 Å². The summed E-state index contributed by atoms with van der Waals surface area (Å²) in [6.45, 7) is 2.91. The third kappa shape index (κ3) is 3.92. The van der Waals surface area contributed by atoms with Gasteiger partial charge in [0.25, 0.3) is 0 Å². The molecule has 1 aliphatic rings. The second-order valence-electron chi connectivity index (χ2n) is 4.99. The topological polar surface area (TPSA) is 81.4 Å². The molecule has 2 atom stereocenters. The number of nitrogens with one attached hydrogen (secondary N) is 1. The maximum Gasteiger partial charge on any atom is 0.242 e.